The number of H-pyrrole nitrogens is 1. The van der Waals surface area contributed by atoms with E-state index in [9.17, 15) is 9.59 Å². The molecule has 3 heterocycles. The Hall–Kier alpha value is -1.81. The summed E-state index contributed by atoms with van der Waals surface area (Å²) in [6.45, 7) is 4.11. The van der Waals surface area contributed by atoms with E-state index in [4.69, 9.17) is 11.6 Å². The van der Waals surface area contributed by atoms with Crippen molar-refractivity contribution in [2.75, 3.05) is 0 Å². The number of hydrogen-bond acceptors (Lipinski definition) is 2. The molecule has 0 radical (unpaired) electrons. The van der Waals surface area contributed by atoms with Gasteiger partial charge in [-0.3, -0.25) is 9.59 Å². The highest BCUT2D eigenvalue weighted by atomic mass is 35.5. The van der Waals surface area contributed by atoms with Crippen LogP contribution in [0.25, 0.3) is 10.9 Å². The van der Waals surface area contributed by atoms with Crippen molar-refractivity contribution in [3.8, 4) is 0 Å². The predicted octanol–water partition coefficient (Wildman–Crippen LogP) is 5.45. The lowest BCUT2D eigenvalue weighted by Crippen LogP contribution is -2.65. The first kappa shape index (κ1) is 19.2. The van der Waals surface area contributed by atoms with Crippen molar-refractivity contribution < 1.29 is 9.59 Å². The van der Waals surface area contributed by atoms with E-state index in [-0.39, 0.29) is 29.3 Å². The molecule has 0 spiro atoms. The summed E-state index contributed by atoms with van der Waals surface area (Å²) in [6.07, 6.45) is 8.13. The standard InChI is InChI=1S/C24H29ClN2O2/c1-3-22(28)24-10-15-7-17(11-24)27(18(8-15)12-24)23(29)6-14(2)20-13-26-21-5-4-16(25)9-19(20)21/h4-5,9,13-15,17-18,26H,3,6-8,10-12H2,1-2H3. The molecule has 3 unspecified atom stereocenters. The molecule has 1 amide bonds. The van der Waals surface area contributed by atoms with Gasteiger partial charge in [-0.2, -0.15) is 0 Å². The number of rotatable bonds is 5. The topological polar surface area (TPSA) is 53.2 Å². The number of benzene rings is 1. The molecule has 5 heteroatoms. The van der Waals surface area contributed by atoms with Crippen LogP contribution in [-0.4, -0.2) is 33.7 Å². The summed E-state index contributed by atoms with van der Waals surface area (Å²) in [6, 6.07) is 6.37. The molecule has 1 N–H and O–H groups in total. The summed E-state index contributed by atoms with van der Waals surface area (Å²) < 4.78 is 0. The number of piperidine rings is 2. The van der Waals surface area contributed by atoms with Gasteiger partial charge in [0.05, 0.1) is 0 Å². The molecule has 4 fully saturated rings. The molecular formula is C24H29ClN2O2. The van der Waals surface area contributed by atoms with Crippen LogP contribution in [-0.2, 0) is 9.59 Å². The van der Waals surface area contributed by atoms with Gasteiger partial charge in [-0.25, -0.2) is 0 Å². The maximum absolute atomic E-state index is 13.4. The average Bonchev–Trinajstić information content (AvgIpc) is 3.09. The molecule has 2 aromatic rings. The number of aromatic nitrogens is 1. The normalized spacial score (nSPS) is 31.4. The number of amides is 1. The third kappa shape index (κ3) is 3.02. The molecule has 2 saturated heterocycles. The number of Topliss-reactive ketones (excluding diaryl/α,β-unsaturated/α-hetero) is 1. The molecule has 4 nitrogen and oxygen atoms in total. The first-order valence-electron chi connectivity index (χ1n) is 11.0. The molecule has 6 rings (SSSR count). The van der Waals surface area contributed by atoms with Crippen molar-refractivity contribution in [3.63, 3.8) is 0 Å². The smallest absolute Gasteiger partial charge is 0.223 e. The molecule has 3 atom stereocenters. The maximum atomic E-state index is 13.4. The van der Waals surface area contributed by atoms with E-state index in [0.29, 0.717) is 29.6 Å². The summed E-state index contributed by atoms with van der Waals surface area (Å²) in [7, 11) is 0. The van der Waals surface area contributed by atoms with Gasteiger partial charge in [0.1, 0.15) is 5.78 Å². The fourth-order valence-corrected chi connectivity index (χ4v) is 6.92. The molecule has 1 aromatic carbocycles. The van der Waals surface area contributed by atoms with Crippen LogP contribution < -0.4 is 0 Å². The largest absolute Gasteiger partial charge is 0.361 e. The quantitative estimate of drug-likeness (QED) is 0.709. The van der Waals surface area contributed by atoms with Crippen molar-refractivity contribution in [2.24, 2.45) is 11.3 Å². The van der Waals surface area contributed by atoms with Crippen molar-refractivity contribution in [3.05, 3.63) is 35.0 Å². The molecule has 4 bridgehead atoms. The highest BCUT2D eigenvalue weighted by molar-refractivity contribution is 6.31. The van der Waals surface area contributed by atoms with Gasteiger partial charge in [-0.05, 0) is 67.7 Å². The van der Waals surface area contributed by atoms with Gasteiger partial charge in [0, 0.05) is 52.5 Å². The second kappa shape index (κ2) is 6.87. The summed E-state index contributed by atoms with van der Waals surface area (Å²) in [5.41, 5.74) is 2.07. The van der Waals surface area contributed by atoms with Crippen LogP contribution in [0.5, 0.6) is 0 Å². The van der Waals surface area contributed by atoms with Crippen LogP contribution in [0.1, 0.15) is 70.3 Å². The number of carbonyl (C=O) groups is 2. The maximum Gasteiger partial charge on any atom is 0.223 e. The van der Waals surface area contributed by atoms with Crippen LogP contribution in [0, 0.1) is 11.3 Å². The number of nitrogens with zero attached hydrogens (tertiary/aromatic N) is 1. The highest BCUT2D eigenvalue weighted by Crippen LogP contribution is 2.57. The van der Waals surface area contributed by atoms with Crippen molar-refractivity contribution in [1.29, 1.82) is 0 Å². The van der Waals surface area contributed by atoms with E-state index in [0.717, 1.165) is 48.6 Å². The number of nitrogens with one attached hydrogen (secondary N) is 1. The average molecular weight is 413 g/mol. The second-order valence-corrected chi connectivity index (χ2v) is 10.1. The minimum Gasteiger partial charge on any atom is -0.361 e. The zero-order chi connectivity index (χ0) is 20.3. The number of halogens is 1. The van der Waals surface area contributed by atoms with Gasteiger partial charge < -0.3 is 9.88 Å². The van der Waals surface area contributed by atoms with E-state index in [2.05, 4.69) is 16.8 Å². The number of ketones is 1. The van der Waals surface area contributed by atoms with E-state index in [1.807, 2.05) is 31.3 Å². The highest BCUT2D eigenvalue weighted by Gasteiger charge is 2.57. The van der Waals surface area contributed by atoms with Gasteiger partial charge in [-0.15, -0.1) is 0 Å². The molecule has 2 aliphatic heterocycles. The Kier molecular flexibility index (Phi) is 4.54. The Morgan fingerprint density at radius 1 is 1.24 bits per heavy atom. The SMILES string of the molecule is CCC(=O)C12CC3CC(C1)N(C(=O)CC(C)c1c[nH]c4ccc(Cl)cc14)C(C3)C2. The molecule has 1 aromatic heterocycles. The van der Waals surface area contributed by atoms with E-state index in [1.165, 1.54) is 0 Å². The van der Waals surface area contributed by atoms with E-state index < -0.39 is 0 Å². The van der Waals surface area contributed by atoms with Crippen molar-refractivity contribution in [2.45, 2.75) is 76.8 Å². The Bertz CT molecular complexity index is 964. The molecule has 2 saturated carbocycles. The predicted molar refractivity (Wildman–Crippen MR) is 115 cm³/mol. The Balaban J connectivity index is 1.35. The first-order chi connectivity index (χ1) is 13.9. The Labute approximate surface area is 177 Å². The van der Waals surface area contributed by atoms with Crippen molar-refractivity contribution >= 4 is 34.2 Å². The summed E-state index contributed by atoms with van der Waals surface area (Å²) in [4.78, 5) is 31.6. The lowest BCUT2D eigenvalue weighted by Gasteiger charge is -2.61. The van der Waals surface area contributed by atoms with E-state index >= 15 is 0 Å². The minimum atomic E-state index is -0.138. The van der Waals surface area contributed by atoms with Gasteiger partial charge in [0.25, 0.3) is 0 Å². The number of aromatic amines is 1. The van der Waals surface area contributed by atoms with Crippen LogP contribution in [0.15, 0.2) is 24.4 Å². The zero-order valence-electron chi connectivity index (χ0n) is 17.2. The lowest BCUT2D eigenvalue weighted by molar-refractivity contribution is -0.166. The zero-order valence-corrected chi connectivity index (χ0v) is 18.0. The minimum absolute atomic E-state index is 0.123. The van der Waals surface area contributed by atoms with Gasteiger partial charge >= 0.3 is 0 Å². The van der Waals surface area contributed by atoms with Crippen LogP contribution in [0.3, 0.4) is 0 Å². The summed E-state index contributed by atoms with van der Waals surface area (Å²) in [5, 5.41) is 1.82. The van der Waals surface area contributed by atoms with Crippen LogP contribution in [0.4, 0.5) is 0 Å². The monoisotopic (exact) mass is 412 g/mol. The molecule has 154 valence electrons. The van der Waals surface area contributed by atoms with Crippen LogP contribution in [0.2, 0.25) is 5.02 Å². The van der Waals surface area contributed by atoms with Crippen LogP contribution >= 0.6 is 11.6 Å². The molecule has 4 aliphatic rings. The first-order valence-corrected chi connectivity index (χ1v) is 11.4. The third-order valence-corrected chi connectivity index (χ3v) is 8.05. The fourth-order valence-electron chi connectivity index (χ4n) is 6.75. The Morgan fingerprint density at radius 3 is 2.66 bits per heavy atom. The van der Waals surface area contributed by atoms with Gasteiger partial charge in [0.2, 0.25) is 5.91 Å². The second-order valence-electron chi connectivity index (χ2n) is 9.65. The summed E-state index contributed by atoms with van der Waals surface area (Å²) in [5.74, 6) is 1.42. The van der Waals surface area contributed by atoms with Crippen molar-refractivity contribution in [1.82, 2.24) is 9.88 Å². The van der Waals surface area contributed by atoms with Gasteiger partial charge in [0.15, 0.2) is 0 Å². The summed E-state index contributed by atoms with van der Waals surface area (Å²) >= 11 is 6.20. The number of fused-ring (bicyclic) bond motifs is 1. The number of carbonyl (C=O) groups excluding carboxylic acids is 2. The van der Waals surface area contributed by atoms with E-state index in [1.54, 1.807) is 0 Å². The van der Waals surface area contributed by atoms with Gasteiger partial charge in [-0.1, -0.05) is 25.4 Å². The molecular weight excluding hydrogens is 384 g/mol. The molecule has 29 heavy (non-hydrogen) atoms. The third-order valence-electron chi connectivity index (χ3n) is 7.82. The molecule has 2 aliphatic carbocycles. The fraction of sp³-hybridized carbons (Fsp3) is 0.583. The number of hydrogen-bond donors (Lipinski definition) is 1. The lowest BCUT2D eigenvalue weighted by atomic mass is 9.53. The Morgan fingerprint density at radius 2 is 1.97 bits per heavy atom.